The van der Waals surface area contributed by atoms with Crippen LogP contribution in [0.3, 0.4) is 0 Å². The molecule has 1 aromatic rings. The summed E-state index contributed by atoms with van der Waals surface area (Å²) in [5.41, 5.74) is 1.47. The van der Waals surface area contributed by atoms with Gasteiger partial charge in [-0.3, -0.25) is 0 Å². The van der Waals surface area contributed by atoms with Crippen molar-refractivity contribution in [2.45, 2.75) is 45.6 Å². The van der Waals surface area contributed by atoms with Gasteiger partial charge in [-0.05, 0) is 25.0 Å². The summed E-state index contributed by atoms with van der Waals surface area (Å²) in [7, 11) is 1.41. The van der Waals surface area contributed by atoms with Crippen LogP contribution in [0.15, 0.2) is 24.3 Å². The van der Waals surface area contributed by atoms with Gasteiger partial charge in [0.25, 0.3) is 0 Å². The predicted octanol–water partition coefficient (Wildman–Crippen LogP) is 3.85. The Balaban J connectivity index is 2.78. The molecule has 0 saturated carbocycles. The van der Waals surface area contributed by atoms with E-state index in [4.69, 9.17) is 4.74 Å². The van der Waals surface area contributed by atoms with Crippen molar-refractivity contribution in [2.75, 3.05) is 12.4 Å². The fourth-order valence-electron chi connectivity index (χ4n) is 1.95. The Morgan fingerprint density at radius 3 is 2.67 bits per heavy atom. The molecule has 0 saturated heterocycles. The fraction of sp³-hybridized carbons (Fsp3) is 0.533. The van der Waals surface area contributed by atoms with Crippen LogP contribution in [0, 0.1) is 0 Å². The van der Waals surface area contributed by atoms with E-state index in [-0.39, 0.29) is 5.97 Å². The fourth-order valence-corrected chi connectivity index (χ4v) is 1.95. The minimum Gasteiger partial charge on any atom is -0.465 e. The molecule has 0 aliphatic rings. The third kappa shape index (κ3) is 4.06. The molecule has 1 atom stereocenters. The summed E-state index contributed by atoms with van der Waals surface area (Å²) in [5.74, 6) is -0.288. The number of anilines is 1. The van der Waals surface area contributed by atoms with E-state index in [1.54, 1.807) is 6.07 Å². The lowest BCUT2D eigenvalue weighted by atomic mass is 10.1. The van der Waals surface area contributed by atoms with Gasteiger partial charge in [0, 0.05) is 11.7 Å². The minimum atomic E-state index is -0.288. The van der Waals surface area contributed by atoms with Gasteiger partial charge in [0.05, 0.1) is 12.7 Å². The molecule has 1 rings (SSSR count). The Morgan fingerprint density at radius 2 is 2.06 bits per heavy atom. The quantitative estimate of drug-likeness (QED) is 0.746. The molecule has 1 N–H and O–H groups in total. The molecule has 0 aliphatic heterocycles. The normalized spacial score (nSPS) is 11.9. The maximum Gasteiger partial charge on any atom is 0.339 e. The molecule has 0 aromatic heterocycles. The molecule has 100 valence electrons. The van der Waals surface area contributed by atoms with E-state index in [1.807, 2.05) is 18.2 Å². The van der Waals surface area contributed by atoms with Crippen LogP contribution in [0.5, 0.6) is 0 Å². The first-order valence-electron chi connectivity index (χ1n) is 6.66. The molecule has 3 nitrogen and oxygen atoms in total. The zero-order valence-electron chi connectivity index (χ0n) is 11.5. The number of esters is 1. The molecule has 0 bridgehead atoms. The zero-order chi connectivity index (χ0) is 13.4. The maximum absolute atomic E-state index is 11.7. The van der Waals surface area contributed by atoms with Crippen molar-refractivity contribution in [3.63, 3.8) is 0 Å². The number of ether oxygens (including phenoxy) is 1. The number of carbonyl (C=O) groups excluding carboxylic acids is 1. The SMILES string of the molecule is CCCCC(CC)Nc1ccccc1C(=O)OC. The van der Waals surface area contributed by atoms with Crippen LogP contribution in [0.25, 0.3) is 0 Å². The molecule has 1 aromatic carbocycles. The molecule has 0 aliphatic carbocycles. The van der Waals surface area contributed by atoms with Crippen molar-refractivity contribution in [3.8, 4) is 0 Å². The summed E-state index contributed by atoms with van der Waals surface area (Å²) in [6, 6.07) is 7.92. The highest BCUT2D eigenvalue weighted by Crippen LogP contribution is 2.19. The molecule has 3 heteroatoms. The Morgan fingerprint density at radius 1 is 1.33 bits per heavy atom. The lowest BCUT2D eigenvalue weighted by Crippen LogP contribution is -2.20. The highest BCUT2D eigenvalue weighted by atomic mass is 16.5. The van der Waals surface area contributed by atoms with Crippen LogP contribution in [0.1, 0.15) is 49.9 Å². The third-order valence-electron chi connectivity index (χ3n) is 3.09. The van der Waals surface area contributed by atoms with Gasteiger partial charge < -0.3 is 10.1 Å². The largest absolute Gasteiger partial charge is 0.465 e. The van der Waals surface area contributed by atoms with Crippen molar-refractivity contribution in [3.05, 3.63) is 29.8 Å². The first-order chi connectivity index (χ1) is 8.72. The Labute approximate surface area is 110 Å². The van der Waals surface area contributed by atoms with Crippen LogP contribution in [-0.4, -0.2) is 19.1 Å². The number of methoxy groups -OCH3 is 1. The number of benzene rings is 1. The second-order valence-corrected chi connectivity index (χ2v) is 4.43. The highest BCUT2D eigenvalue weighted by Gasteiger charge is 2.13. The summed E-state index contributed by atoms with van der Waals surface area (Å²) in [6.45, 7) is 4.35. The van der Waals surface area contributed by atoms with E-state index < -0.39 is 0 Å². The first-order valence-corrected chi connectivity index (χ1v) is 6.66. The summed E-state index contributed by atoms with van der Waals surface area (Å²) in [5, 5.41) is 3.45. The van der Waals surface area contributed by atoms with Crippen molar-refractivity contribution in [1.82, 2.24) is 0 Å². The van der Waals surface area contributed by atoms with Crippen LogP contribution >= 0.6 is 0 Å². The van der Waals surface area contributed by atoms with Crippen molar-refractivity contribution < 1.29 is 9.53 Å². The van der Waals surface area contributed by atoms with Crippen LogP contribution < -0.4 is 5.32 Å². The minimum absolute atomic E-state index is 0.288. The molecule has 18 heavy (non-hydrogen) atoms. The Kier molecular flexibility index (Phi) is 6.26. The number of carbonyl (C=O) groups is 1. The van der Waals surface area contributed by atoms with Gasteiger partial charge in [-0.1, -0.05) is 38.8 Å². The Bertz CT molecular complexity index is 377. The second-order valence-electron chi connectivity index (χ2n) is 4.43. The molecule has 1 unspecified atom stereocenters. The smallest absolute Gasteiger partial charge is 0.339 e. The van der Waals surface area contributed by atoms with E-state index in [1.165, 1.54) is 20.0 Å². The van der Waals surface area contributed by atoms with E-state index in [2.05, 4.69) is 19.2 Å². The molecule has 0 heterocycles. The number of nitrogens with one attached hydrogen (secondary N) is 1. The lowest BCUT2D eigenvalue weighted by Gasteiger charge is -2.19. The monoisotopic (exact) mass is 249 g/mol. The topological polar surface area (TPSA) is 38.3 Å². The van der Waals surface area contributed by atoms with Crippen molar-refractivity contribution in [1.29, 1.82) is 0 Å². The molecule has 0 spiro atoms. The van der Waals surface area contributed by atoms with E-state index in [9.17, 15) is 4.79 Å². The highest BCUT2D eigenvalue weighted by molar-refractivity contribution is 5.95. The average Bonchev–Trinajstić information content (AvgIpc) is 2.43. The molecular formula is C15H23NO2. The molecule has 0 amide bonds. The van der Waals surface area contributed by atoms with Gasteiger partial charge in [-0.15, -0.1) is 0 Å². The molecule has 0 fully saturated rings. The number of hydrogen-bond acceptors (Lipinski definition) is 3. The summed E-state index contributed by atoms with van der Waals surface area (Å²) < 4.78 is 4.79. The lowest BCUT2D eigenvalue weighted by molar-refractivity contribution is 0.0602. The number of rotatable bonds is 7. The predicted molar refractivity (Wildman–Crippen MR) is 75.0 cm³/mol. The van der Waals surface area contributed by atoms with Gasteiger partial charge in [0.15, 0.2) is 0 Å². The standard InChI is InChI=1S/C15H23NO2/c1-4-6-9-12(5-2)16-14-11-8-7-10-13(14)15(17)18-3/h7-8,10-12,16H,4-6,9H2,1-3H3. The zero-order valence-corrected chi connectivity index (χ0v) is 11.5. The molecule has 0 radical (unpaired) electrons. The van der Waals surface area contributed by atoms with Crippen molar-refractivity contribution in [2.24, 2.45) is 0 Å². The molecular weight excluding hydrogens is 226 g/mol. The van der Waals surface area contributed by atoms with Gasteiger partial charge in [-0.2, -0.15) is 0 Å². The number of hydrogen-bond donors (Lipinski definition) is 1. The van der Waals surface area contributed by atoms with Gasteiger partial charge in [0.2, 0.25) is 0 Å². The van der Waals surface area contributed by atoms with Gasteiger partial charge in [-0.25, -0.2) is 4.79 Å². The van der Waals surface area contributed by atoms with Crippen LogP contribution in [0.4, 0.5) is 5.69 Å². The van der Waals surface area contributed by atoms with E-state index >= 15 is 0 Å². The van der Waals surface area contributed by atoms with E-state index in [0.29, 0.717) is 11.6 Å². The Hall–Kier alpha value is -1.51. The number of unbranched alkanes of at least 4 members (excludes halogenated alkanes) is 1. The first kappa shape index (κ1) is 14.6. The second kappa shape index (κ2) is 7.75. The van der Waals surface area contributed by atoms with Crippen LogP contribution in [-0.2, 0) is 4.74 Å². The third-order valence-corrected chi connectivity index (χ3v) is 3.09. The van der Waals surface area contributed by atoms with Crippen molar-refractivity contribution >= 4 is 11.7 Å². The van der Waals surface area contributed by atoms with E-state index in [0.717, 1.165) is 18.5 Å². The average molecular weight is 249 g/mol. The summed E-state index contributed by atoms with van der Waals surface area (Å²) >= 11 is 0. The summed E-state index contributed by atoms with van der Waals surface area (Å²) in [4.78, 5) is 11.7. The summed E-state index contributed by atoms with van der Waals surface area (Å²) in [6.07, 6.45) is 4.57. The van der Waals surface area contributed by atoms with Gasteiger partial charge in [0.1, 0.15) is 0 Å². The number of para-hydroxylation sites is 1. The maximum atomic E-state index is 11.7. The van der Waals surface area contributed by atoms with Crippen LogP contribution in [0.2, 0.25) is 0 Å². The van der Waals surface area contributed by atoms with Gasteiger partial charge >= 0.3 is 5.97 Å².